The van der Waals surface area contributed by atoms with Gasteiger partial charge in [-0.3, -0.25) is 0 Å². The number of carboxylic acids is 1. The van der Waals surface area contributed by atoms with Crippen LogP contribution in [0.4, 0.5) is 0 Å². The molecule has 0 fully saturated rings. The summed E-state index contributed by atoms with van der Waals surface area (Å²) in [6.45, 7) is 3.82. The Morgan fingerprint density at radius 2 is 2.29 bits per heavy atom. The molecule has 0 aliphatic heterocycles. The van der Waals surface area contributed by atoms with Gasteiger partial charge in [-0.15, -0.1) is 11.8 Å². The average Bonchev–Trinajstić information content (AvgIpc) is 2.14. The highest BCUT2D eigenvalue weighted by molar-refractivity contribution is 7.99. The molecule has 0 atom stereocenters. The van der Waals surface area contributed by atoms with E-state index in [4.69, 9.17) is 5.11 Å². The number of hydrogen-bond acceptors (Lipinski definition) is 3. The fraction of sp³-hybridized carbons (Fsp3) is 0.400. The van der Waals surface area contributed by atoms with Gasteiger partial charge in [-0.2, -0.15) is 0 Å². The maximum atomic E-state index is 10.7. The van der Waals surface area contributed by atoms with Crippen molar-refractivity contribution >= 4 is 17.7 Å². The number of rotatable bonds is 4. The second-order valence-electron chi connectivity index (χ2n) is 2.94. The number of nitrogens with zero attached hydrogens (tertiary/aromatic N) is 1. The zero-order chi connectivity index (χ0) is 10.6. The van der Waals surface area contributed by atoms with Crippen molar-refractivity contribution in [3.05, 3.63) is 23.4 Å². The first-order valence-corrected chi connectivity index (χ1v) is 5.47. The van der Waals surface area contributed by atoms with Gasteiger partial charge in [0.2, 0.25) is 0 Å². The first kappa shape index (κ1) is 11.0. The Labute approximate surface area is 87.6 Å². The Hall–Kier alpha value is -1.03. The summed E-state index contributed by atoms with van der Waals surface area (Å²) in [6.07, 6.45) is 1.09. The summed E-state index contributed by atoms with van der Waals surface area (Å²) in [7, 11) is 0. The quantitative estimate of drug-likeness (QED) is 0.778. The van der Waals surface area contributed by atoms with Gasteiger partial charge in [0.15, 0.2) is 0 Å². The van der Waals surface area contributed by atoms with Gasteiger partial charge in [0.1, 0.15) is 0 Å². The van der Waals surface area contributed by atoms with Crippen molar-refractivity contribution in [3.63, 3.8) is 0 Å². The van der Waals surface area contributed by atoms with Crippen LogP contribution in [0, 0.1) is 6.92 Å². The Kier molecular flexibility index (Phi) is 3.95. The summed E-state index contributed by atoms with van der Waals surface area (Å²) in [4.78, 5) is 14.9. The molecule has 0 bridgehead atoms. The molecule has 4 heteroatoms. The van der Waals surface area contributed by atoms with E-state index in [9.17, 15) is 4.79 Å². The monoisotopic (exact) mass is 211 g/mol. The summed E-state index contributed by atoms with van der Waals surface area (Å²) in [5.74, 6) is 0.0980. The molecular weight excluding hydrogens is 198 g/mol. The fourth-order valence-corrected chi connectivity index (χ4v) is 1.83. The standard InChI is InChI=1S/C10H13NO2S/c1-3-6-14-9-5-4-8(10(12)13)7(2)11-9/h4-5H,3,6H2,1-2H3,(H,12,13). The number of aromatic carboxylic acids is 1. The summed E-state index contributed by atoms with van der Waals surface area (Å²) in [5, 5.41) is 9.68. The Balaban J connectivity index is 2.83. The van der Waals surface area contributed by atoms with Crippen LogP contribution >= 0.6 is 11.8 Å². The van der Waals surface area contributed by atoms with E-state index in [1.807, 2.05) is 0 Å². The third-order valence-corrected chi connectivity index (χ3v) is 2.88. The van der Waals surface area contributed by atoms with Crippen molar-refractivity contribution < 1.29 is 9.90 Å². The van der Waals surface area contributed by atoms with Crippen LogP contribution in [-0.2, 0) is 0 Å². The van der Waals surface area contributed by atoms with Crippen molar-refractivity contribution in [1.29, 1.82) is 0 Å². The smallest absolute Gasteiger partial charge is 0.337 e. The van der Waals surface area contributed by atoms with Gasteiger partial charge < -0.3 is 5.11 Å². The highest BCUT2D eigenvalue weighted by Gasteiger charge is 2.08. The minimum atomic E-state index is -0.915. The summed E-state index contributed by atoms with van der Waals surface area (Å²) in [5.41, 5.74) is 0.865. The lowest BCUT2D eigenvalue weighted by atomic mass is 10.2. The number of carboxylic acid groups (broad SMARTS) is 1. The molecule has 1 aromatic heterocycles. The number of hydrogen-bond donors (Lipinski definition) is 1. The second kappa shape index (κ2) is 5.00. The van der Waals surface area contributed by atoms with E-state index >= 15 is 0 Å². The molecule has 76 valence electrons. The molecule has 0 amide bonds. The number of carbonyl (C=O) groups is 1. The number of aromatic nitrogens is 1. The lowest BCUT2D eigenvalue weighted by Gasteiger charge is -2.03. The molecule has 0 saturated heterocycles. The van der Waals surface area contributed by atoms with Crippen molar-refractivity contribution in [1.82, 2.24) is 4.98 Å². The van der Waals surface area contributed by atoms with Crippen LogP contribution in [-0.4, -0.2) is 21.8 Å². The first-order chi connectivity index (χ1) is 6.65. The maximum absolute atomic E-state index is 10.7. The number of thioether (sulfide) groups is 1. The van der Waals surface area contributed by atoms with E-state index in [1.54, 1.807) is 30.8 Å². The van der Waals surface area contributed by atoms with Gasteiger partial charge in [-0.1, -0.05) is 6.92 Å². The summed E-state index contributed by atoms with van der Waals surface area (Å²) < 4.78 is 0. The van der Waals surface area contributed by atoms with Crippen LogP contribution < -0.4 is 0 Å². The van der Waals surface area contributed by atoms with Crippen molar-refractivity contribution in [2.45, 2.75) is 25.3 Å². The van der Waals surface area contributed by atoms with Crippen molar-refractivity contribution in [2.75, 3.05) is 5.75 Å². The topological polar surface area (TPSA) is 50.2 Å². The van der Waals surface area contributed by atoms with Crippen LogP contribution in [0.2, 0.25) is 0 Å². The van der Waals surface area contributed by atoms with Gasteiger partial charge in [0, 0.05) is 0 Å². The van der Waals surface area contributed by atoms with Gasteiger partial charge >= 0.3 is 5.97 Å². The normalized spacial score (nSPS) is 10.1. The van der Waals surface area contributed by atoms with Gasteiger partial charge in [0.25, 0.3) is 0 Å². The molecule has 0 saturated carbocycles. The maximum Gasteiger partial charge on any atom is 0.337 e. The average molecular weight is 211 g/mol. The van der Waals surface area contributed by atoms with Gasteiger partial charge in [0.05, 0.1) is 16.3 Å². The predicted molar refractivity (Wildman–Crippen MR) is 56.9 cm³/mol. The van der Waals surface area contributed by atoms with E-state index in [1.165, 1.54) is 0 Å². The predicted octanol–water partition coefficient (Wildman–Crippen LogP) is 2.59. The highest BCUT2D eigenvalue weighted by atomic mass is 32.2. The van der Waals surface area contributed by atoms with E-state index < -0.39 is 5.97 Å². The van der Waals surface area contributed by atoms with Crippen LogP contribution in [0.1, 0.15) is 29.4 Å². The molecule has 0 radical (unpaired) electrons. The molecule has 1 heterocycles. The van der Waals surface area contributed by atoms with Crippen LogP contribution in [0.15, 0.2) is 17.2 Å². The molecule has 1 aromatic rings. The zero-order valence-corrected chi connectivity index (χ0v) is 9.10. The Bertz CT molecular complexity index is 339. The molecule has 0 aliphatic carbocycles. The van der Waals surface area contributed by atoms with Crippen molar-refractivity contribution in [2.24, 2.45) is 0 Å². The van der Waals surface area contributed by atoms with E-state index in [0.717, 1.165) is 17.2 Å². The zero-order valence-electron chi connectivity index (χ0n) is 8.28. The van der Waals surface area contributed by atoms with Crippen molar-refractivity contribution in [3.8, 4) is 0 Å². The molecule has 0 unspecified atom stereocenters. The molecular formula is C10H13NO2S. The van der Waals surface area contributed by atoms with Gasteiger partial charge in [-0.25, -0.2) is 9.78 Å². The molecule has 1 rings (SSSR count). The Morgan fingerprint density at radius 3 is 2.79 bits per heavy atom. The summed E-state index contributed by atoms with van der Waals surface area (Å²) in [6, 6.07) is 3.37. The number of pyridine rings is 1. The largest absolute Gasteiger partial charge is 0.478 e. The molecule has 0 spiro atoms. The molecule has 0 aromatic carbocycles. The lowest BCUT2D eigenvalue weighted by molar-refractivity contribution is 0.0695. The van der Waals surface area contributed by atoms with E-state index in [-0.39, 0.29) is 5.56 Å². The number of aryl methyl sites for hydroxylation is 1. The molecule has 14 heavy (non-hydrogen) atoms. The minimum absolute atomic E-state index is 0.283. The SMILES string of the molecule is CCCSc1ccc(C(=O)O)c(C)n1. The fourth-order valence-electron chi connectivity index (χ4n) is 1.05. The molecule has 1 N–H and O–H groups in total. The van der Waals surface area contributed by atoms with E-state index in [0.29, 0.717) is 5.69 Å². The molecule has 3 nitrogen and oxygen atoms in total. The second-order valence-corrected chi connectivity index (χ2v) is 4.05. The minimum Gasteiger partial charge on any atom is -0.478 e. The first-order valence-electron chi connectivity index (χ1n) is 4.49. The molecule has 0 aliphatic rings. The summed E-state index contributed by atoms with van der Waals surface area (Å²) >= 11 is 1.65. The van der Waals surface area contributed by atoms with Crippen LogP contribution in [0.3, 0.4) is 0 Å². The van der Waals surface area contributed by atoms with Crippen LogP contribution in [0.5, 0.6) is 0 Å². The van der Waals surface area contributed by atoms with E-state index in [2.05, 4.69) is 11.9 Å². The third-order valence-electron chi connectivity index (χ3n) is 1.74. The highest BCUT2D eigenvalue weighted by Crippen LogP contribution is 2.18. The van der Waals surface area contributed by atoms with Crippen LogP contribution in [0.25, 0.3) is 0 Å². The Morgan fingerprint density at radius 1 is 1.57 bits per heavy atom. The third kappa shape index (κ3) is 2.73. The van der Waals surface area contributed by atoms with Gasteiger partial charge in [-0.05, 0) is 31.2 Å². The lowest BCUT2D eigenvalue weighted by Crippen LogP contribution is -2.01.